The highest BCUT2D eigenvalue weighted by atomic mass is 19.1. The number of methoxy groups -OCH3 is 2. The van der Waals surface area contributed by atoms with Crippen LogP contribution in [0.4, 0.5) is 21.7 Å². The van der Waals surface area contributed by atoms with E-state index in [-0.39, 0.29) is 17.8 Å². The number of carbonyl (C=O) groups is 1. The topological polar surface area (TPSA) is 76.6 Å². The molecule has 2 aromatic carbocycles. The fourth-order valence-corrected chi connectivity index (χ4v) is 4.18. The van der Waals surface area contributed by atoms with Gasteiger partial charge in [0.05, 0.1) is 26.1 Å². The molecule has 0 aliphatic carbocycles. The molecule has 1 aliphatic heterocycles. The smallest absolute Gasteiger partial charge is 0.227 e. The fourth-order valence-electron chi connectivity index (χ4n) is 4.18. The van der Waals surface area contributed by atoms with E-state index in [1.165, 1.54) is 25.7 Å². The molecule has 7 nitrogen and oxygen atoms in total. The van der Waals surface area contributed by atoms with Crippen LogP contribution in [0, 0.1) is 5.82 Å². The second-order valence-electron chi connectivity index (χ2n) is 8.32. The maximum atomic E-state index is 14.3. The van der Waals surface area contributed by atoms with Crippen LogP contribution in [0.2, 0.25) is 0 Å². The van der Waals surface area contributed by atoms with Crippen molar-refractivity contribution in [2.45, 2.75) is 25.7 Å². The van der Waals surface area contributed by atoms with Crippen molar-refractivity contribution in [2.75, 3.05) is 37.5 Å². The number of aromatic nitrogens is 2. The van der Waals surface area contributed by atoms with Crippen molar-refractivity contribution < 1.29 is 18.7 Å². The number of nitrogens with zero attached hydrogens (tertiary/aromatic N) is 3. The fraction of sp³-hybridized carbons (Fsp3) is 0.296. The summed E-state index contributed by atoms with van der Waals surface area (Å²) >= 11 is 0. The summed E-state index contributed by atoms with van der Waals surface area (Å²) in [6.07, 6.45) is 6.23. The molecule has 1 aromatic heterocycles. The molecule has 4 rings (SSSR count). The van der Waals surface area contributed by atoms with Crippen LogP contribution >= 0.6 is 0 Å². The van der Waals surface area contributed by atoms with Gasteiger partial charge in [-0.2, -0.15) is 0 Å². The van der Waals surface area contributed by atoms with Crippen molar-refractivity contribution in [1.29, 1.82) is 0 Å². The van der Waals surface area contributed by atoms with E-state index in [1.807, 2.05) is 18.2 Å². The van der Waals surface area contributed by atoms with Crippen molar-refractivity contribution in [3.05, 3.63) is 66.6 Å². The van der Waals surface area contributed by atoms with Gasteiger partial charge in [0.1, 0.15) is 17.3 Å². The number of rotatable bonds is 9. The van der Waals surface area contributed by atoms with Gasteiger partial charge in [0.2, 0.25) is 5.95 Å². The van der Waals surface area contributed by atoms with Crippen LogP contribution in [-0.2, 0) is 11.2 Å². The molecule has 0 bridgehead atoms. The molecule has 35 heavy (non-hydrogen) atoms. The Balaban J connectivity index is 1.65. The molecule has 1 saturated heterocycles. The molecule has 0 radical (unpaired) electrons. The lowest BCUT2D eigenvalue weighted by Crippen LogP contribution is -2.29. The monoisotopic (exact) mass is 476 g/mol. The van der Waals surface area contributed by atoms with E-state index in [0.29, 0.717) is 23.0 Å². The molecule has 1 fully saturated rings. The van der Waals surface area contributed by atoms with Crippen LogP contribution in [0.5, 0.6) is 11.5 Å². The van der Waals surface area contributed by atoms with Crippen molar-refractivity contribution in [2.24, 2.45) is 0 Å². The number of benzene rings is 2. The Kier molecular flexibility index (Phi) is 7.60. The second kappa shape index (κ2) is 11.0. The lowest BCUT2D eigenvalue weighted by molar-refractivity contribution is -0.114. The van der Waals surface area contributed by atoms with E-state index in [9.17, 15) is 9.18 Å². The summed E-state index contributed by atoms with van der Waals surface area (Å²) < 4.78 is 25.3. The van der Waals surface area contributed by atoms with Crippen molar-refractivity contribution in [1.82, 2.24) is 9.97 Å². The van der Waals surface area contributed by atoms with Gasteiger partial charge < -0.3 is 19.7 Å². The van der Waals surface area contributed by atoms with Crippen molar-refractivity contribution >= 4 is 23.1 Å². The summed E-state index contributed by atoms with van der Waals surface area (Å²) in [5.74, 6) is 0.901. The summed E-state index contributed by atoms with van der Waals surface area (Å²) in [7, 11) is 3.20. The van der Waals surface area contributed by atoms with E-state index in [1.54, 1.807) is 25.4 Å². The Labute approximate surface area is 204 Å². The van der Waals surface area contributed by atoms with E-state index < -0.39 is 5.82 Å². The van der Waals surface area contributed by atoms with Gasteiger partial charge in [-0.25, -0.2) is 14.4 Å². The number of carbonyl (C=O) groups excluding carboxylic acids is 1. The zero-order chi connectivity index (χ0) is 24.8. The number of nitrogens with one attached hydrogen (secondary N) is 1. The molecule has 0 amide bonds. The van der Waals surface area contributed by atoms with E-state index in [2.05, 4.69) is 26.8 Å². The normalized spacial score (nSPS) is 13.3. The van der Waals surface area contributed by atoms with Gasteiger partial charge in [-0.1, -0.05) is 6.58 Å². The number of hydrogen-bond acceptors (Lipinski definition) is 7. The van der Waals surface area contributed by atoms with Crippen molar-refractivity contribution in [3.63, 3.8) is 0 Å². The quantitative estimate of drug-likeness (QED) is 0.418. The number of halogens is 1. The molecule has 1 aliphatic rings. The number of allylic oxidation sites excluding steroid dienone is 1. The van der Waals surface area contributed by atoms with Crippen LogP contribution in [-0.4, -0.2) is 43.1 Å². The largest absolute Gasteiger partial charge is 0.495 e. The van der Waals surface area contributed by atoms with Gasteiger partial charge in [0, 0.05) is 30.8 Å². The highest BCUT2D eigenvalue weighted by Crippen LogP contribution is 2.35. The van der Waals surface area contributed by atoms with Crippen LogP contribution in [0.3, 0.4) is 0 Å². The first kappa shape index (κ1) is 24.2. The Morgan fingerprint density at radius 1 is 1.11 bits per heavy atom. The third-order valence-electron chi connectivity index (χ3n) is 6.02. The minimum atomic E-state index is -0.459. The van der Waals surface area contributed by atoms with Crippen molar-refractivity contribution in [3.8, 4) is 22.8 Å². The number of ketones is 1. The molecule has 0 atom stereocenters. The molecular weight excluding hydrogens is 447 g/mol. The molecule has 2 heterocycles. The van der Waals surface area contributed by atoms with Gasteiger partial charge in [-0.15, -0.1) is 0 Å². The molecule has 0 saturated carbocycles. The Bertz CT molecular complexity index is 1230. The highest BCUT2D eigenvalue weighted by Gasteiger charge is 2.17. The minimum Gasteiger partial charge on any atom is -0.495 e. The first-order chi connectivity index (χ1) is 17.0. The standard InChI is InChI=1S/C27H29FN4O3/c1-4-21(33)15-19-14-18(8-10-22(19)28)26-25(35-3)17-29-27(31-26)30-20-9-11-24(34-2)23(16-20)32-12-6-5-7-13-32/h4,8-11,14,16-17H,1,5-7,12-13,15H2,2-3H3,(H,29,30,31). The lowest BCUT2D eigenvalue weighted by Gasteiger charge is -2.30. The Hall–Kier alpha value is -3.94. The predicted molar refractivity (Wildman–Crippen MR) is 135 cm³/mol. The van der Waals surface area contributed by atoms with Gasteiger partial charge >= 0.3 is 0 Å². The Morgan fingerprint density at radius 3 is 2.60 bits per heavy atom. The summed E-state index contributed by atoms with van der Waals surface area (Å²) in [6.45, 7) is 5.44. The van der Waals surface area contributed by atoms with Gasteiger partial charge in [0.15, 0.2) is 11.5 Å². The SMILES string of the molecule is C=CC(=O)Cc1cc(-c2nc(Nc3ccc(OC)c(N4CCCCC4)c3)ncc2OC)ccc1F. The van der Waals surface area contributed by atoms with Crippen LogP contribution in [0.1, 0.15) is 24.8 Å². The summed E-state index contributed by atoms with van der Waals surface area (Å²) in [5, 5.41) is 3.26. The molecule has 182 valence electrons. The maximum absolute atomic E-state index is 14.3. The first-order valence-electron chi connectivity index (χ1n) is 11.6. The molecule has 8 heteroatoms. The zero-order valence-electron chi connectivity index (χ0n) is 20.0. The second-order valence-corrected chi connectivity index (χ2v) is 8.32. The molecule has 1 N–H and O–H groups in total. The van der Waals surface area contributed by atoms with E-state index in [0.717, 1.165) is 43.1 Å². The maximum Gasteiger partial charge on any atom is 0.227 e. The summed E-state index contributed by atoms with van der Waals surface area (Å²) in [6, 6.07) is 10.4. The zero-order valence-corrected chi connectivity index (χ0v) is 20.0. The average Bonchev–Trinajstić information content (AvgIpc) is 2.90. The van der Waals surface area contributed by atoms with Gasteiger partial charge in [-0.05, 0) is 67.3 Å². The number of piperidine rings is 1. The number of anilines is 3. The first-order valence-corrected chi connectivity index (χ1v) is 11.6. The van der Waals surface area contributed by atoms with Gasteiger partial charge in [-0.3, -0.25) is 4.79 Å². The number of hydrogen-bond donors (Lipinski definition) is 1. The van der Waals surface area contributed by atoms with Crippen LogP contribution in [0.25, 0.3) is 11.3 Å². The van der Waals surface area contributed by atoms with Crippen LogP contribution in [0.15, 0.2) is 55.3 Å². The Morgan fingerprint density at radius 2 is 1.89 bits per heavy atom. The summed E-state index contributed by atoms with van der Waals surface area (Å²) in [5.41, 5.74) is 3.22. The molecule has 0 unspecified atom stereocenters. The van der Waals surface area contributed by atoms with Crippen LogP contribution < -0.4 is 19.7 Å². The average molecular weight is 477 g/mol. The third kappa shape index (κ3) is 5.59. The third-order valence-corrected chi connectivity index (χ3v) is 6.02. The predicted octanol–water partition coefficient (Wildman–Crippen LogP) is 5.33. The lowest BCUT2D eigenvalue weighted by atomic mass is 10.0. The van der Waals surface area contributed by atoms with E-state index in [4.69, 9.17) is 9.47 Å². The molecule has 0 spiro atoms. The van der Waals surface area contributed by atoms with E-state index >= 15 is 0 Å². The number of ether oxygens (including phenoxy) is 2. The summed E-state index contributed by atoms with van der Waals surface area (Å²) in [4.78, 5) is 23.2. The molecule has 3 aromatic rings. The molecular formula is C27H29FN4O3. The van der Waals surface area contributed by atoms with Gasteiger partial charge in [0.25, 0.3) is 0 Å². The minimum absolute atomic E-state index is 0.0766. The highest BCUT2D eigenvalue weighted by molar-refractivity contribution is 5.91.